The molecule has 0 aromatic rings. The van der Waals surface area contributed by atoms with E-state index in [2.05, 4.69) is 38.3 Å². The predicted octanol–water partition coefficient (Wildman–Crippen LogP) is 1.49. The van der Waals surface area contributed by atoms with Crippen LogP contribution in [-0.2, 0) is 4.79 Å². The minimum absolute atomic E-state index is 0.0941. The molecule has 1 atom stereocenters. The minimum Gasteiger partial charge on any atom is -0.354 e. The summed E-state index contributed by atoms with van der Waals surface area (Å²) in [7, 11) is 0. The fourth-order valence-electron chi connectivity index (χ4n) is 1.30. The molecular formula is C11H24N2OS. The largest absolute Gasteiger partial charge is 0.354 e. The molecule has 1 amide bonds. The number of likely N-dealkylation sites (N-methyl/N-ethyl adjacent to an activating group) is 1. The summed E-state index contributed by atoms with van der Waals surface area (Å²) in [6.45, 7) is 10.9. The van der Waals surface area contributed by atoms with Crippen molar-refractivity contribution in [2.75, 3.05) is 25.4 Å². The molecule has 4 heteroatoms. The maximum atomic E-state index is 11.8. The van der Waals surface area contributed by atoms with Crippen molar-refractivity contribution in [1.29, 1.82) is 0 Å². The maximum Gasteiger partial charge on any atom is 0.233 e. The second-order valence-electron chi connectivity index (χ2n) is 3.76. The average molecular weight is 232 g/mol. The fourth-order valence-corrected chi connectivity index (χ4v) is 2.28. The van der Waals surface area contributed by atoms with E-state index in [1.54, 1.807) is 11.8 Å². The average Bonchev–Trinajstić information content (AvgIpc) is 2.20. The van der Waals surface area contributed by atoms with Crippen LogP contribution in [0.3, 0.4) is 0 Å². The second kappa shape index (κ2) is 9.04. The first-order chi connectivity index (χ1) is 7.13. The number of rotatable bonds is 8. The molecule has 0 spiro atoms. The Bertz CT molecular complexity index is 174. The van der Waals surface area contributed by atoms with Crippen LogP contribution in [0.1, 0.15) is 27.7 Å². The monoisotopic (exact) mass is 232 g/mol. The molecule has 0 radical (unpaired) electrons. The van der Waals surface area contributed by atoms with Crippen LogP contribution in [0.4, 0.5) is 0 Å². The van der Waals surface area contributed by atoms with E-state index in [9.17, 15) is 4.79 Å². The van der Waals surface area contributed by atoms with Gasteiger partial charge in [0.25, 0.3) is 0 Å². The van der Waals surface area contributed by atoms with Crippen LogP contribution in [0.15, 0.2) is 0 Å². The standard InChI is InChI=1S/C11H24N2OS/c1-5-12-7-8-13-11(14)10(9(3)4)15-6-2/h9-10,12H,5-8H2,1-4H3,(H,13,14). The molecule has 0 rings (SSSR count). The molecule has 0 fully saturated rings. The van der Waals surface area contributed by atoms with Gasteiger partial charge in [0.05, 0.1) is 5.25 Å². The second-order valence-corrected chi connectivity index (χ2v) is 5.18. The summed E-state index contributed by atoms with van der Waals surface area (Å²) in [5.41, 5.74) is 0. The van der Waals surface area contributed by atoms with Crippen molar-refractivity contribution in [2.24, 2.45) is 5.92 Å². The smallest absolute Gasteiger partial charge is 0.233 e. The van der Waals surface area contributed by atoms with Crippen LogP contribution in [0.25, 0.3) is 0 Å². The molecule has 0 heterocycles. The Kier molecular flexibility index (Phi) is 8.91. The molecule has 0 aliphatic heterocycles. The minimum atomic E-state index is 0.0941. The number of hydrogen-bond donors (Lipinski definition) is 2. The van der Waals surface area contributed by atoms with Gasteiger partial charge >= 0.3 is 0 Å². The van der Waals surface area contributed by atoms with E-state index in [1.165, 1.54) is 0 Å². The van der Waals surface area contributed by atoms with Crippen LogP contribution in [-0.4, -0.2) is 36.5 Å². The molecule has 0 saturated heterocycles. The highest BCUT2D eigenvalue weighted by molar-refractivity contribution is 8.00. The van der Waals surface area contributed by atoms with Crippen LogP contribution < -0.4 is 10.6 Å². The first-order valence-electron chi connectivity index (χ1n) is 5.73. The van der Waals surface area contributed by atoms with E-state index in [0.29, 0.717) is 5.92 Å². The lowest BCUT2D eigenvalue weighted by atomic mass is 10.1. The molecular weight excluding hydrogens is 208 g/mol. The predicted molar refractivity (Wildman–Crippen MR) is 68.3 cm³/mol. The van der Waals surface area contributed by atoms with Gasteiger partial charge in [0.1, 0.15) is 0 Å². The summed E-state index contributed by atoms with van der Waals surface area (Å²) in [4.78, 5) is 11.8. The van der Waals surface area contributed by atoms with Crippen LogP contribution in [0, 0.1) is 5.92 Å². The van der Waals surface area contributed by atoms with Gasteiger partial charge in [0, 0.05) is 13.1 Å². The van der Waals surface area contributed by atoms with E-state index in [-0.39, 0.29) is 11.2 Å². The third kappa shape index (κ3) is 6.79. The first kappa shape index (κ1) is 14.8. The number of thioether (sulfide) groups is 1. The van der Waals surface area contributed by atoms with Crippen LogP contribution >= 0.6 is 11.8 Å². The molecule has 0 bridgehead atoms. The van der Waals surface area contributed by atoms with Crippen molar-refractivity contribution < 1.29 is 4.79 Å². The van der Waals surface area contributed by atoms with Gasteiger partial charge in [-0.1, -0.05) is 27.7 Å². The van der Waals surface area contributed by atoms with Gasteiger partial charge in [-0.25, -0.2) is 0 Å². The number of hydrogen-bond acceptors (Lipinski definition) is 3. The Morgan fingerprint density at radius 3 is 2.40 bits per heavy atom. The highest BCUT2D eigenvalue weighted by atomic mass is 32.2. The van der Waals surface area contributed by atoms with Gasteiger partial charge in [0.2, 0.25) is 5.91 Å². The summed E-state index contributed by atoms with van der Waals surface area (Å²) >= 11 is 1.72. The highest BCUT2D eigenvalue weighted by Gasteiger charge is 2.21. The number of carbonyl (C=O) groups is 1. The van der Waals surface area contributed by atoms with Gasteiger partial charge < -0.3 is 10.6 Å². The number of carbonyl (C=O) groups excluding carboxylic acids is 1. The van der Waals surface area contributed by atoms with Crippen molar-refractivity contribution in [3.05, 3.63) is 0 Å². The quantitative estimate of drug-likeness (QED) is 0.623. The van der Waals surface area contributed by atoms with E-state index in [0.717, 1.165) is 25.4 Å². The summed E-state index contributed by atoms with van der Waals surface area (Å²) in [5, 5.41) is 6.24. The maximum absolute atomic E-state index is 11.8. The zero-order valence-electron chi connectivity index (χ0n) is 10.3. The summed E-state index contributed by atoms with van der Waals surface area (Å²) in [6, 6.07) is 0. The van der Waals surface area contributed by atoms with Gasteiger partial charge in [-0.15, -0.1) is 11.8 Å². The van der Waals surface area contributed by atoms with Gasteiger partial charge in [0.15, 0.2) is 0 Å². The van der Waals surface area contributed by atoms with Crippen molar-refractivity contribution in [3.63, 3.8) is 0 Å². The number of nitrogens with one attached hydrogen (secondary N) is 2. The molecule has 1 unspecified atom stereocenters. The summed E-state index contributed by atoms with van der Waals surface area (Å²) in [6.07, 6.45) is 0. The molecule has 0 aromatic heterocycles. The lowest BCUT2D eigenvalue weighted by molar-refractivity contribution is -0.121. The highest BCUT2D eigenvalue weighted by Crippen LogP contribution is 2.18. The van der Waals surface area contributed by atoms with E-state index in [4.69, 9.17) is 0 Å². The molecule has 15 heavy (non-hydrogen) atoms. The molecule has 2 N–H and O–H groups in total. The topological polar surface area (TPSA) is 41.1 Å². The first-order valence-corrected chi connectivity index (χ1v) is 6.78. The van der Waals surface area contributed by atoms with Crippen molar-refractivity contribution >= 4 is 17.7 Å². The zero-order chi connectivity index (χ0) is 11.7. The normalized spacial score (nSPS) is 12.9. The lowest BCUT2D eigenvalue weighted by Gasteiger charge is -2.19. The van der Waals surface area contributed by atoms with Crippen molar-refractivity contribution in [1.82, 2.24) is 10.6 Å². The lowest BCUT2D eigenvalue weighted by Crippen LogP contribution is -2.39. The SMILES string of the molecule is CCNCCNC(=O)C(SCC)C(C)C. The Hall–Kier alpha value is -0.220. The Morgan fingerprint density at radius 1 is 1.27 bits per heavy atom. The fraction of sp³-hybridized carbons (Fsp3) is 0.909. The van der Waals surface area contributed by atoms with Crippen LogP contribution in [0.5, 0.6) is 0 Å². The molecule has 0 aliphatic rings. The van der Waals surface area contributed by atoms with E-state index < -0.39 is 0 Å². The van der Waals surface area contributed by atoms with E-state index >= 15 is 0 Å². The molecule has 0 aliphatic carbocycles. The summed E-state index contributed by atoms with van der Waals surface area (Å²) in [5.74, 6) is 1.56. The Morgan fingerprint density at radius 2 is 1.93 bits per heavy atom. The van der Waals surface area contributed by atoms with Gasteiger partial charge in [-0.2, -0.15) is 0 Å². The molecule has 0 aromatic carbocycles. The summed E-state index contributed by atoms with van der Waals surface area (Å²) < 4.78 is 0. The van der Waals surface area contributed by atoms with Crippen molar-refractivity contribution in [3.8, 4) is 0 Å². The number of amides is 1. The molecule has 3 nitrogen and oxygen atoms in total. The third-order valence-corrected chi connectivity index (χ3v) is 3.51. The molecule has 0 saturated carbocycles. The van der Waals surface area contributed by atoms with Crippen LogP contribution in [0.2, 0.25) is 0 Å². The van der Waals surface area contributed by atoms with E-state index in [1.807, 2.05) is 0 Å². The van der Waals surface area contributed by atoms with Gasteiger partial charge in [-0.05, 0) is 18.2 Å². The molecule has 90 valence electrons. The Balaban J connectivity index is 3.82. The van der Waals surface area contributed by atoms with Gasteiger partial charge in [-0.3, -0.25) is 4.79 Å². The van der Waals surface area contributed by atoms with Crippen molar-refractivity contribution in [2.45, 2.75) is 32.9 Å². The third-order valence-electron chi connectivity index (χ3n) is 2.06. The Labute approximate surface area is 97.8 Å². The zero-order valence-corrected chi connectivity index (χ0v) is 11.1.